The lowest BCUT2D eigenvalue weighted by molar-refractivity contribution is -0.129. The summed E-state index contributed by atoms with van der Waals surface area (Å²) in [6.45, 7) is 2.25. The number of furan rings is 1. The number of thiophene rings is 2. The normalized spacial score (nSPS) is 16.6. The number of Topliss-reactive ketones (excluding diaryl/α,β-unsaturated/α-hetero) is 1. The molecule has 1 atom stereocenters. The fourth-order valence-corrected chi connectivity index (χ4v) is 5.94. The molecule has 156 valence electrons. The van der Waals surface area contributed by atoms with Crippen molar-refractivity contribution in [1.82, 2.24) is 4.90 Å². The van der Waals surface area contributed by atoms with Crippen LogP contribution in [0.15, 0.2) is 73.4 Å². The molecule has 0 fully saturated rings. The average molecular weight is 514 g/mol. The number of nitrogens with zero attached hydrogens (tertiary/aromatic N) is 1. The van der Waals surface area contributed by atoms with Gasteiger partial charge in [0.15, 0.2) is 11.5 Å². The van der Waals surface area contributed by atoms with Crippen LogP contribution < -0.4 is 0 Å². The standard InChI is InChI=1S/C23H16BrNO4S2/c1-12-6-8-31-22(12)19-18(21(27)23(28)25(19)11-15-3-2-7-30-15)20(26)17-10-13-9-14(24)4-5-16(13)29-17/h2-10,19,27H,11H2,1H3. The van der Waals surface area contributed by atoms with Gasteiger partial charge in [-0.15, -0.1) is 22.7 Å². The van der Waals surface area contributed by atoms with E-state index in [0.29, 0.717) is 12.1 Å². The number of hydrogen-bond acceptors (Lipinski definition) is 6. The third-order valence-corrected chi connectivity index (χ3v) is 7.73. The maximum atomic E-state index is 13.5. The molecule has 4 aromatic rings. The second-order valence-corrected chi connectivity index (χ2v) is 10.2. The Bertz CT molecular complexity index is 1350. The third-order valence-electron chi connectivity index (χ3n) is 5.31. The summed E-state index contributed by atoms with van der Waals surface area (Å²) in [5.41, 5.74) is 1.59. The molecule has 0 aliphatic carbocycles. The minimum atomic E-state index is -0.665. The average Bonchev–Trinajstić information content (AvgIpc) is 3.52. The number of fused-ring (bicyclic) bond motifs is 1. The van der Waals surface area contributed by atoms with E-state index >= 15 is 0 Å². The van der Waals surface area contributed by atoms with Gasteiger partial charge in [0.1, 0.15) is 11.6 Å². The number of carbonyl (C=O) groups is 2. The van der Waals surface area contributed by atoms with Crippen LogP contribution in [-0.4, -0.2) is 21.7 Å². The Morgan fingerprint density at radius 2 is 2.03 bits per heavy atom. The first kappa shape index (κ1) is 20.2. The van der Waals surface area contributed by atoms with E-state index in [1.54, 1.807) is 17.0 Å². The number of ketones is 1. The third kappa shape index (κ3) is 3.44. The van der Waals surface area contributed by atoms with Crippen LogP contribution in [0.1, 0.15) is 31.9 Å². The van der Waals surface area contributed by atoms with Gasteiger partial charge in [-0.3, -0.25) is 9.59 Å². The Labute approximate surface area is 194 Å². The summed E-state index contributed by atoms with van der Waals surface area (Å²) in [4.78, 5) is 30.0. The van der Waals surface area contributed by atoms with Crippen LogP contribution in [0.3, 0.4) is 0 Å². The molecular weight excluding hydrogens is 498 g/mol. The van der Waals surface area contributed by atoms with Crippen LogP contribution >= 0.6 is 38.6 Å². The van der Waals surface area contributed by atoms with Crippen molar-refractivity contribution in [3.05, 3.63) is 90.1 Å². The van der Waals surface area contributed by atoms with Gasteiger partial charge in [0.25, 0.3) is 5.91 Å². The highest BCUT2D eigenvalue weighted by molar-refractivity contribution is 9.10. The SMILES string of the molecule is Cc1ccsc1C1C(C(=O)c2cc3cc(Br)ccc3o2)=C(O)C(=O)N1Cc1cccs1. The first-order valence-electron chi connectivity index (χ1n) is 9.48. The number of hydrogen-bond donors (Lipinski definition) is 1. The van der Waals surface area contributed by atoms with Crippen LogP contribution in [0.4, 0.5) is 0 Å². The monoisotopic (exact) mass is 513 g/mol. The number of amides is 1. The van der Waals surface area contributed by atoms with E-state index in [1.165, 1.54) is 22.7 Å². The lowest BCUT2D eigenvalue weighted by atomic mass is 9.98. The van der Waals surface area contributed by atoms with E-state index in [1.807, 2.05) is 48.0 Å². The van der Waals surface area contributed by atoms with Crippen molar-refractivity contribution in [1.29, 1.82) is 0 Å². The molecule has 1 aliphatic rings. The second kappa shape index (κ2) is 7.78. The molecule has 0 saturated carbocycles. The van der Waals surface area contributed by atoms with Gasteiger partial charge in [-0.2, -0.15) is 0 Å². The number of benzene rings is 1. The van der Waals surface area contributed by atoms with Crippen molar-refractivity contribution in [2.75, 3.05) is 0 Å². The Hall–Kier alpha value is -2.68. The molecule has 5 rings (SSSR count). The van der Waals surface area contributed by atoms with E-state index in [-0.39, 0.29) is 11.3 Å². The first-order valence-corrected chi connectivity index (χ1v) is 12.0. The van der Waals surface area contributed by atoms with Gasteiger partial charge in [-0.05, 0) is 59.6 Å². The highest BCUT2D eigenvalue weighted by atomic mass is 79.9. The molecule has 1 aromatic carbocycles. The summed E-state index contributed by atoms with van der Waals surface area (Å²) in [6.07, 6.45) is 0. The number of aliphatic hydroxyl groups excluding tert-OH is 1. The maximum Gasteiger partial charge on any atom is 0.290 e. The summed E-state index contributed by atoms with van der Waals surface area (Å²) in [6, 6.07) is 12.2. The highest BCUT2D eigenvalue weighted by Crippen LogP contribution is 2.43. The number of halogens is 1. The van der Waals surface area contributed by atoms with Gasteiger partial charge in [0, 0.05) is 19.6 Å². The Kier molecular flexibility index (Phi) is 5.08. The highest BCUT2D eigenvalue weighted by Gasteiger charge is 2.45. The smallest absolute Gasteiger partial charge is 0.290 e. The molecule has 0 spiro atoms. The number of aliphatic hydroxyl groups is 1. The maximum absolute atomic E-state index is 13.5. The fraction of sp³-hybridized carbons (Fsp3) is 0.130. The van der Waals surface area contributed by atoms with Crippen LogP contribution in [0.25, 0.3) is 11.0 Å². The zero-order valence-corrected chi connectivity index (χ0v) is 19.5. The summed E-state index contributed by atoms with van der Waals surface area (Å²) in [5.74, 6) is -1.45. The van der Waals surface area contributed by atoms with E-state index in [2.05, 4.69) is 15.9 Å². The molecule has 0 radical (unpaired) electrons. The van der Waals surface area contributed by atoms with Crippen LogP contribution in [0.2, 0.25) is 0 Å². The molecule has 0 bridgehead atoms. The second-order valence-electron chi connectivity index (χ2n) is 7.27. The van der Waals surface area contributed by atoms with Crippen molar-refractivity contribution >= 4 is 61.3 Å². The molecule has 5 nitrogen and oxygen atoms in total. The lowest BCUT2D eigenvalue weighted by Crippen LogP contribution is -2.30. The van der Waals surface area contributed by atoms with E-state index in [4.69, 9.17) is 4.42 Å². The molecule has 8 heteroatoms. The quantitative estimate of drug-likeness (QED) is 0.313. The Balaban J connectivity index is 1.61. The fourth-order valence-electron chi connectivity index (χ4n) is 3.82. The van der Waals surface area contributed by atoms with Gasteiger partial charge >= 0.3 is 0 Å². The van der Waals surface area contributed by atoms with Gasteiger partial charge < -0.3 is 14.4 Å². The molecular formula is C23H16BrNO4S2. The summed E-state index contributed by atoms with van der Waals surface area (Å²) in [5, 5.41) is 15.4. The molecule has 1 aliphatic heterocycles. The van der Waals surface area contributed by atoms with Crippen molar-refractivity contribution in [3.8, 4) is 0 Å². The Morgan fingerprint density at radius 1 is 1.19 bits per heavy atom. The van der Waals surface area contributed by atoms with Crippen molar-refractivity contribution < 1.29 is 19.1 Å². The molecule has 1 N–H and O–H groups in total. The van der Waals surface area contributed by atoms with Gasteiger partial charge in [-0.1, -0.05) is 22.0 Å². The minimum Gasteiger partial charge on any atom is -0.503 e. The van der Waals surface area contributed by atoms with E-state index in [0.717, 1.165) is 25.2 Å². The molecule has 31 heavy (non-hydrogen) atoms. The van der Waals surface area contributed by atoms with Crippen molar-refractivity contribution in [2.24, 2.45) is 0 Å². The number of carbonyl (C=O) groups excluding carboxylic acids is 2. The molecule has 1 amide bonds. The van der Waals surface area contributed by atoms with Gasteiger partial charge in [0.2, 0.25) is 5.78 Å². The molecule has 4 heterocycles. The molecule has 0 saturated heterocycles. The summed E-state index contributed by atoms with van der Waals surface area (Å²) < 4.78 is 6.65. The topological polar surface area (TPSA) is 70.7 Å². The van der Waals surface area contributed by atoms with Crippen LogP contribution in [0.5, 0.6) is 0 Å². The predicted molar refractivity (Wildman–Crippen MR) is 125 cm³/mol. The minimum absolute atomic E-state index is 0.0604. The van der Waals surface area contributed by atoms with Crippen LogP contribution in [-0.2, 0) is 11.3 Å². The summed E-state index contributed by atoms with van der Waals surface area (Å²) >= 11 is 6.41. The summed E-state index contributed by atoms with van der Waals surface area (Å²) in [7, 11) is 0. The zero-order valence-electron chi connectivity index (χ0n) is 16.3. The lowest BCUT2D eigenvalue weighted by Gasteiger charge is -2.25. The number of aryl methyl sites for hydroxylation is 1. The predicted octanol–water partition coefficient (Wildman–Crippen LogP) is 6.41. The van der Waals surface area contributed by atoms with E-state index in [9.17, 15) is 14.7 Å². The molecule has 1 unspecified atom stereocenters. The van der Waals surface area contributed by atoms with Crippen molar-refractivity contribution in [2.45, 2.75) is 19.5 Å². The number of rotatable bonds is 5. The van der Waals surface area contributed by atoms with E-state index < -0.39 is 23.5 Å². The van der Waals surface area contributed by atoms with Crippen molar-refractivity contribution in [3.63, 3.8) is 0 Å². The van der Waals surface area contributed by atoms with Gasteiger partial charge in [-0.25, -0.2) is 0 Å². The first-order chi connectivity index (χ1) is 14.9. The molecule has 3 aromatic heterocycles. The zero-order chi connectivity index (χ0) is 21.7. The van der Waals surface area contributed by atoms with Gasteiger partial charge in [0.05, 0.1) is 12.1 Å². The largest absolute Gasteiger partial charge is 0.503 e. The Morgan fingerprint density at radius 3 is 2.74 bits per heavy atom. The van der Waals surface area contributed by atoms with Crippen LogP contribution in [0, 0.1) is 6.92 Å².